The summed E-state index contributed by atoms with van der Waals surface area (Å²) >= 11 is 0. The van der Waals surface area contributed by atoms with Gasteiger partial charge in [0.15, 0.2) is 0 Å². The van der Waals surface area contributed by atoms with Gasteiger partial charge in [0.25, 0.3) is 0 Å². The molecule has 0 aliphatic carbocycles. The summed E-state index contributed by atoms with van der Waals surface area (Å²) in [5, 5.41) is 3.25. The number of ether oxygens (including phenoxy) is 4. The van der Waals surface area contributed by atoms with Crippen LogP contribution in [-0.4, -0.2) is 51.3 Å². The molecule has 0 aromatic heterocycles. The van der Waals surface area contributed by atoms with Crippen LogP contribution >= 0.6 is 0 Å². The van der Waals surface area contributed by atoms with E-state index in [4.69, 9.17) is 18.9 Å². The average molecular weight is 469 g/mol. The average Bonchev–Trinajstić information content (AvgIpc) is 3.31. The molecule has 2 heterocycles. The number of imide groups is 1. The van der Waals surface area contributed by atoms with E-state index >= 15 is 0 Å². The number of nitrogens with zero attached hydrogens (tertiary/aromatic N) is 1. The molecular weight excluding hydrogens is 440 g/mol. The number of anilines is 1. The molecule has 2 aliphatic rings. The van der Waals surface area contributed by atoms with Gasteiger partial charge in [-0.1, -0.05) is 12.1 Å². The largest absolute Gasteiger partial charge is 0.497 e. The maximum absolute atomic E-state index is 13.8. The van der Waals surface area contributed by atoms with Gasteiger partial charge in [0.1, 0.15) is 22.8 Å². The molecule has 0 saturated carbocycles. The number of amides is 2. The normalized spacial score (nSPS) is 25.8. The van der Waals surface area contributed by atoms with Gasteiger partial charge in [0.2, 0.25) is 11.8 Å². The fourth-order valence-electron chi connectivity index (χ4n) is 4.95. The second-order valence-corrected chi connectivity index (χ2v) is 8.37. The molecule has 180 valence electrons. The zero-order valence-corrected chi connectivity index (χ0v) is 19.8. The van der Waals surface area contributed by atoms with Crippen molar-refractivity contribution in [2.24, 2.45) is 11.8 Å². The first-order valence-electron chi connectivity index (χ1n) is 11.0. The van der Waals surface area contributed by atoms with E-state index in [2.05, 4.69) is 5.32 Å². The van der Waals surface area contributed by atoms with Crippen LogP contribution in [0.25, 0.3) is 0 Å². The fourth-order valence-corrected chi connectivity index (χ4v) is 4.95. The van der Waals surface area contributed by atoms with Crippen LogP contribution < -0.4 is 24.4 Å². The van der Waals surface area contributed by atoms with Crippen LogP contribution in [0.5, 0.6) is 17.2 Å². The molecule has 4 atom stereocenters. The predicted octanol–water partition coefficient (Wildman–Crippen LogP) is 2.48. The van der Waals surface area contributed by atoms with Crippen LogP contribution in [0, 0.1) is 11.8 Å². The van der Waals surface area contributed by atoms with Gasteiger partial charge in [0, 0.05) is 23.7 Å². The maximum Gasteiger partial charge on any atom is 0.326 e. The summed E-state index contributed by atoms with van der Waals surface area (Å²) in [7, 11) is 4.57. The number of fused-ring (bicyclic) bond motifs is 1. The van der Waals surface area contributed by atoms with E-state index in [1.165, 1.54) is 14.2 Å². The summed E-state index contributed by atoms with van der Waals surface area (Å²) in [5.74, 6) is -1.73. The summed E-state index contributed by atoms with van der Waals surface area (Å²) in [6.07, 6.45) is 0. The van der Waals surface area contributed by atoms with E-state index < -0.39 is 41.2 Å². The van der Waals surface area contributed by atoms with Crippen LogP contribution in [0.1, 0.15) is 25.5 Å². The summed E-state index contributed by atoms with van der Waals surface area (Å²) < 4.78 is 21.4. The van der Waals surface area contributed by atoms with Crippen molar-refractivity contribution in [1.29, 1.82) is 0 Å². The minimum Gasteiger partial charge on any atom is -0.497 e. The maximum atomic E-state index is 13.8. The molecule has 2 fully saturated rings. The van der Waals surface area contributed by atoms with Crippen molar-refractivity contribution in [3.63, 3.8) is 0 Å². The standard InChI is InChI=1S/C25H28N2O7/c1-6-34-24(30)25(2)20-19(21(26-25)17-11-10-16(32-4)13-18(17)33-5)22(28)27(23(20)29)14-8-7-9-15(12-14)31-3/h7-13,19-21,26H,6H2,1-5H3/t19-,20-,21-,25-/m1/s1. The lowest BCUT2D eigenvalue weighted by molar-refractivity contribution is -0.153. The number of methoxy groups -OCH3 is 3. The third kappa shape index (κ3) is 3.56. The van der Waals surface area contributed by atoms with Crippen LogP contribution in [0.2, 0.25) is 0 Å². The SMILES string of the molecule is CCOC(=O)[C@]1(C)N[C@H](c2ccc(OC)cc2OC)[C@@H]2C(=O)N(c3cccc(OC)c3)C(=O)[C@@H]21. The Morgan fingerprint density at radius 2 is 1.71 bits per heavy atom. The molecule has 4 rings (SSSR count). The molecule has 2 amide bonds. The second kappa shape index (κ2) is 8.98. The fraction of sp³-hybridized carbons (Fsp3) is 0.400. The topological polar surface area (TPSA) is 103 Å². The molecule has 0 unspecified atom stereocenters. The van der Waals surface area contributed by atoms with Gasteiger partial charge in [-0.25, -0.2) is 4.90 Å². The van der Waals surface area contributed by atoms with Crippen molar-refractivity contribution in [2.45, 2.75) is 25.4 Å². The Morgan fingerprint density at radius 1 is 1.00 bits per heavy atom. The van der Waals surface area contributed by atoms with Gasteiger partial charge in [0.05, 0.1) is 45.5 Å². The highest BCUT2D eigenvalue weighted by atomic mass is 16.5. The zero-order valence-electron chi connectivity index (χ0n) is 19.8. The monoisotopic (exact) mass is 468 g/mol. The quantitative estimate of drug-likeness (QED) is 0.488. The highest BCUT2D eigenvalue weighted by Crippen LogP contribution is 2.51. The van der Waals surface area contributed by atoms with Crippen molar-refractivity contribution in [3.8, 4) is 17.2 Å². The molecule has 2 saturated heterocycles. The lowest BCUT2D eigenvalue weighted by Gasteiger charge is -2.29. The molecule has 2 aromatic carbocycles. The number of hydrogen-bond donors (Lipinski definition) is 1. The number of carbonyl (C=O) groups is 3. The molecular formula is C25H28N2O7. The number of benzene rings is 2. The summed E-state index contributed by atoms with van der Waals surface area (Å²) in [5.41, 5.74) is -0.397. The molecule has 0 spiro atoms. The summed E-state index contributed by atoms with van der Waals surface area (Å²) in [6.45, 7) is 3.45. The van der Waals surface area contributed by atoms with Crippen LogP contribution in [-0.2, 0) is 19.1 Å². The van der Waals surface area contributed by atoms with Gasteiger partial charge in [-0.05, 0) is 32.0 Å². The first-order valence-corrected chi connectivity index (χ1v) is 11.0. The van der Waals surface area contributed by atoms with Gasteiger partial charge in [-0.2, -0.15) is 0 Å². The van der Waals surface area contributed by atoms with E-state index in [1.54, 1.807) is 63.4 Å². The number of carbonyl (C=O) groups excluding carboxylic acids is 3. The predicted molar refractivity (Wildman–Crippen MR) is 123 cm³/mol. The third-order valence-corrected chi connectivity index (χ3v) is 6.57. The Kier molecular flexibility index (Phi) is 6.22. The van der Waals surface area contributed by atoms with E-state index in [0.29, 0.717) is 28.5 Å². The minimum absolute atomic E-state index is 0.145. The first kappa shape index (κ1) is 23.6. The van der Waals surface area contributed by atoms with Crippen molar-refractivity contribution < 1.29 is 33.3 Å². The van der Waals surface area contributed by atoms with Crippen molar-refractivity contribution in [3.05, 3.63) is 48.0 Å². The van der Waals surface area contributed by atoms with E-state index in [-0.39, 0.29) is 6.61 Å². The van der Waals surface area contributed by atoms with Gasteiger partial charge in [-0.15, -0.1) is 0 Å². The van der Waals surface area contributed by atoms with Crippen LogP contribution in [0.15, 0.2) is 42.5 Å². The lowest BCUT2D eigenvalue weighted by Crippen LogP contribution is -2.54. The van der Waals surface area contributed by atoms with E-state index in [9.17, 15) is 14.4 Å². The number of hydrogen-bond acceptors (Lipinski definition) is 8. The smallest absolute Gasteiger partial charge is 0.326 e. The highest BCUT2D eigenvalue weighted by Gasteiger charge is 2.67. The highest BCUT2D eigenvalue weighted by molar-refractivity contribution is 6.24. The molecule has 9 nitrogen and oxygen atoms in total. The summed E-state index contributed by atoms with van der Waals surface area (Å²) in [4.78, 5) is 41.7. The van der Waals surface area contributed by atoms with E-state index in [0.717, 1.165) is 4.90 Å². The van der Waals surface area contributed by atoms with Crippen LogP contribution in [0.3, 0.4) is 0 Å². The lowest BCUT2D eigenvalue weighted by atomic mass is 9.80. The Bertz CT molecular complexity index is 1130. The van der Waals surface area contributed by atoms with Gasteiger partial charge < -0.3 is 18.9 Å². The third-order valence-electron chi connectivity index (χ3n) is 6.57. The Morgan fingerprint density at radius 3 is 2.35 bits per heavy atom. The molecule has 2 aliphatic heterocycles. The molecule has 2 aromatic rings. The molecule has 9 heteroatoms. The van der Waals surface area contributed by atoms with Gasteiger partial charge >= 0.3 is 5.97 Å². The number of nitrogens with one attached hydrogen (secondary N) is 1. The van der Waals surface area contributed by atoms with Crippen molar-refractivity contribution in [1.82, 2.24) is 5.32 Å². The minimum atomic E-state index is -1.42. The summed E-state index contributed by atoms with van der Waals surface area (Å²) in [6, 6.07) is 11.3. The Labute approximate surface area is 197 Å². The molecule has 34 heavy (non-hydrogen) atoms. The Balaban J connectivity index is 1.84. The molecule has 0 bridgehead atoms. The number of rotatable bonds is 7. The number of esters is 1. The second-order valence-electron chi connectivity index (χ2n) is 8.37. The van der Waals surface area contributed by atoms with E-state index in [1.807, 2.05) is 0 Å². The molecule has 1 N–H and O–H groups in total. The first-order chi connectivity index (χ1) is 16.3. The molecule has 0 radical (unpaired) electrons. The zero-order chi connectivity index (χ0) is 24.6. The Hall–Kier alpha value is -3.59. The van der Waals surface area contributed by atoms with Crippen molar-refractivity contribution in [2.75, 3.05) is 32.8 Å². The van der Waals surface area contributed by atoms with Crippen molar-refractivity contribution >= 4 is 23.5 Å². The van der Waals surface area contributed by atoms with Crippen LogP contribution in [0.4, 0.5) is 5.69 Å². The van der Waals surface area contributed by atoms with Gasteiger partial charge in [-0.3, -0.25) is 19.7 Å².